The van der Waals surface area contributed by atoms with Gasteiger partial charge in [-0.25, -0.2) is 4.79 Å². The number of nitrogens with zero attached hydrogens (tertiary/aromatic N) is 1. The van der Waals surface area contributed by atoms with Gasteiger partial charge in [0.05, 0.1) is 6.61 Å². The van der Waals surface area contributed by atoms with Gasteiger partial charge in [0.15, 0.2) is 0 Å². The summed E-state index contributed by atoms with van der Waals surface area (Å²) in [6.07, 6.45) is 8.79. The Hall–Kier alpha value is -3.05. The molecule has 8 nitrogen and oxygen atoms in total. The minimum Gasteiger partial charge on any atom is -0.444 e. The van der Waals surface area contributed by atoms with Crippen molar-refractivity contribution in [1.29, 1.82) is 0 Å². The Morgan fingerprint density at radius 3 is 2.22 bits per heavy atom. The number of amides is 3. The number of carbonyl (C=O) groups excluding carboxylic acids is 3. The summed E-state index contributed by atoms with van der Waals surface area (Å²) >= 11 is 0. The molecule has 0 heterocycles. The minimum atomic E-state index is -1.27. The van der Waals surface area contributed by atoms with Crippen LogP contribution in [0.25, 0.3) is 0 Å². The number of benzene rings is 1. The lowest BCUT2D eigenvalue weighted by atomic mass is 10.00. The Morgan fingerprint density at radius 1 is 1.08 bits per heavy atom. The SMILES string of the molecule is C#Cc1ccc(C(C(=O)NC(C)CCC)N(CCCCC)C(=O)C(CO)NC(=O)OC(C)(C)C)cc1. The Bertz CT molecular complexity index is 886. The molecule has 0 bridgehead atoms. The van der Waals surface area contributed by atoms with Crippen LogP contribution in [0.5, 0.6) is 0 Å². The van der Waals surface area contributed by atoms with Crippen LogP contribution in [-0.2, 0) is 14.3 Å². The molecule has 1 rings (SSSR count). The molecule has 3 N–H and O–H groups in total. The molecule has 0 saturated carbocycles. The second-order valence-corrected chi connectivity index (χ2v) is 9.99. The van der Waals surface area contributed by atoms with Gasteiger partial charge in [-0.1, -0.05) is 51.2 Å². The van der Waals surface area contributed by atoms with Crippen molar-refractivity contribution in [2.24, 2.45) is 0 Å². The Labute approximate surface area is 216 Å². The lowest BCUT2D eigenvalue weighted by Gasteiger charge is -2.34. The monoisotopic (exact) mass is 501 g/mol. The van der Waals surface area contributed by atoms with E-state index in [-0.39, 0.29) is 18.5 Å². The van der Waals surface area contributed by atoms with Crippen molar-refractivity contribution in [2.45, 2.75) is 97.4 Å². The molecule has 8 heteroatoms. The van der Waals surface area contributed by atoms with Gasteiger partial charge in [0, 0.05) is 18.2 Å². The summed E-state index contributed by atoms with van der Waals surface area (Å²) in [5, 5.41) is 15.5. The normalized spacial score (nSPS) is 13.6. The van der Waals surface area contributed by atoms with Gasteiger partial charge in [-0.2, -0.15) is 0 Å². The molecule has 3 unspecified atom stereocenters. The maximum absolute atomic E-state index is 13.7. The zero-order valence-electron chi connectivity index (χ0n) is 22.6. The van der Waals surface area contributed by atoms with Crippen molar-refractivity contribution in [3.63, 3.8) is 0 Å². The molecular formula is C28H43N3O5. The van der Waals surface area contributed by atoms with Crippen molar-refractivity contribution >= 4 is 17.9 Å². The predicted octanol–water partition coefficient (Wildman–Crippen LogP) is 3.92. The van der Waals surface area contributed by atoms with Crippen LogP contribution in [-0.4, -0.2) is 58.8 Å². The maximum atomic E-state index is 13.7. The van der Waals surface area contributed by atoms with Crippen LogP contribution in [0.3, 0.4) is 0 Å². The molecule has 0 aliphatic rings. The van der Waals surface area contributed by atoms with Crippen LogP contribution < -0.4 is 10.6 Å². The quantitative estimate of drug-likeness (QED) is 0.280. The number of terminal acetylenes is 1. The zero-order valence-corrected chi connectivity index (χ0v) is 22.6. The lowest BCUT2D eigenvalue weighted by Crippen LogP contribution is -2.55. The second kappa shape index (κ2) is 15.1. The van der Waals surface area contributed by atoms with Crippen LogP contribution in [0, 0.1) is 12.3 Å². The van der Waals surface area contributed by atoms with Crippen molar-refractivity contribution in [3.05, 3.63) is 35.4 Å². The number of hydrogen-bond acceptors (Lipinski definition) is 5. The van der Waals surface area contributed by atoms with Gasteiger partial charge in [0.2, 0.25) is 11.8 Å². The first-order chi connectivity index (χ1) is 17.0. The lowest BCUT2D eigenvalue weighted by molar-refractivity contribution is -0.143. The van der Waals surface area contributed by atoms with Gasteiger partial charge >= 0.3 is 6.09 Å². The molecule has 3 atom stereocenters. The van der Waals surface area contributed by atoms with E-state index in [0.29, 0.717) is 17.5 Å². The van der Waals surface area contributed by atoms with Crippen LogP contribution in [0.15, 0.2) is 24.3 Å². The molecule has 1 aromatic rings. The van der Waals surface area contributed by atoms with E-state index in [9.17, 15) is 19.5 Å². The van der Waals surface area contributed by atoms with Gasteiger partial charge in [-0.3, -0.25) is 9.59 Å². The van der Waals surface area contributed by atoms with Crippen LogP contribution in [0.2, 0.25) is 0 Å². The fraction of sp³-hybridized carbons (Fsp3) is 0.607. The van der Waals surface area contributed by atoms with Gasteiger partial charge in [-0.15, -0.1) is 6.42 Å². The van der Waals surface area contributed by atoms with Crippen molar-refractivity contribution in [1.82, 2.24) is 15.5 Å². The Morgan fingerprint density at radius 2 is 1.72 bits per heavy atom. The number of rotatable bonds is 13. The predicted molar refractivity (Wildman–Crippen MR) is 141 cm³/mol. The molecule has 3 amide bonds. The van der Waals surface area contributed by atoms with Gasteiger partial charge in [0.1, 0.15) is 17.7 Å². The molecule has 0 aromatic heterocycles. The summed E-state index contributed by atoms with van der Waals surface area (Å²) in [6, 6.07) is 4.60. The van der Waals surface area contributed by atoms with E-state index in [1.54, 1.807) is 45.0 Å². The average Bonchev–Trinajstić information content (AvgIpc) is 2.80. The van der Waals surface area contributed by atoms with E-state index >= 15 is 0 Å². The van der Waals surface area contributed by atoms with Crippen molar-refractivity contribution in [2.75, 3.05) is 13.2 Å². The number of aliphatic hydroxyl groups is 1. The smallest absolute Gasteiger partial charge is 0.408 e. The molecule has 200 valence electrons. The standard InChI is InChI=1S/C28H43N3O5/c1-8-11-12-18-31(26(34)23(19-32)30-27(35)36-28(5,6)7)24(25(33)29-20(4)13-9-2)22-16-14-21(10-3)15-17-22/h3,14-17,20,23-24,32H,8-9,11-13,18-19H2,1-2,4-7H3,(H,29,33)(H,30,35). The van der Waals surface area contributed by atoms with E-state index in [0.717, 1.165) is 25.7 Å². The highest BCUT2D eigenvalue weighted by Crippen LogP contribution is 2.24. The fourth-order valence-corrected chi connectivity index (χ4v) is 3.80. The van der Waals surface area contributed by atoms with Gasteiger partial charge in [0.25, 0.3) is 0 Å². The number of aliphatic hydroxyl groups excluding tert-OH is 1. The van der Waals surface area contributed by atoms with E-state index in [1.165, 1.54) is 4.90 Å². The number of unbranched alkanes of at least 4 members (excludes halogenated alkanes) is 2. The molecular weight excluding hydrogens is 458 g/mol. The van der Waals surface area contributed by atoms with Gasteiger partial charge in [-0.05, 0) is 58.2 Å². The highest BCUT2D eigenvalue weighted by atomic mass is 16.6. The van der Waals surface area contributed by atoms with Crippen LogP contribution in [0.4, 0.5) is 4.79 Å². The largest absolute Gasteiger partial charge is 0.444 e. The number of nitrogens with one attached hydrogen (secondary N) is 2. The first-order valence-electron chi connectivity index (χ1n) is 12.7. The molecule has 36 heavy (non-hydrogen) atoms. The van der Waals surface area contributed by atoms with Crippen molar-refractivity contribution in [3.8, 4) is 12.3 Å². The number of carbonyl (C=O) groups is 3. The third-order valence-electron chi connectivity index (χ3n) is 5.52. The maximum Gasteiger partial charge on any atom is 0.408 e. The molecule has 0 aliphatic heterocycles. The summed E-state index contributed by atoms with van der Waals surface area (Å²) in [6.45, 7) is 10.7. The average molecular weight is 502 g/mol. The number of ether oxygens (including phenoxy) is 1. The molecule has 0 fully saturated rings. The first-order valence-corrected chi connectivity index (χ1v) is 12.7. The van der Waals surface area contributed by atoms with Gasteiger partial charge < -0.3 is 25.4 Å². The molecule has 0 radical (unpaired) electrons. The third kappa shape index (κ3) is 10.3. The number of hydrogen-bond donors (Lipinski definition) is 3. The summed E-state index contributed by atoms with van der Waals surface area (Å²) in [5.41, 5.74) is 0.472. The van der Waals surface area contributed by atoms with E-state index < -0.39 is 36.3 Å². The molecule has 0 aliphatic carbocycles. The molecule has 0 spiro atoms. The third-order valence-corrected chi connectivity index (χ3v) is 5.52. The summed E-state index contributed by atoms with van der Waals surface area (Å²) in [5.74, 6) is 1.66. The van der Waals surface area contributed by atoms with Crippen LogP contribution in [0.1, 0.15) is 90.8 Å². The number of alkyl carbamates (subject to hydrolysis) is 1. The van der Waals surface area contributed by atoms with Crippen LogP contribution >= 0.6 is 0 Å². The topological polar surface area (TPSA) is 108 Å². The van der Waals surface area contributed by atoms with E-state index in [4.69, 9.17) is 11.2 Å². The summed E-state index contributed by atoms with van der Waals surface area (Å²) < 4.78 is 5.27. The second-order valence-electron chi connectivity index (χ2n) is 9.99. The van der Waals surface area contributed by atoms with E-state index in [2.05, 4.69) is 16.6 Å². The Balaban J connectivity index is 3.41. The first kappa shape index (κ1) is 31.0. The Kier molecular flexibility index (Phi) is 13.0. The summed E-state index contributed by atoms with van der Waals surface area (Å²) in [4.78, 5) is 41.1. The zero-order chi connectivity index (χ0) is 27.3. The summed E-state index contributed by atoms with van der Waals surface area (Å²) in [7, 11) is 0. The molecule has 0 saturated heterocycles. The van der Waals surface area contributed by atoms with Crippen molar-refractivity contribution < 1.29 is 24.2 Å². The highest BCUT2D eigenvalue weighted by Gasteiger charge is 2.36. The minimum absolute atomic E-state index is 0.0869. The molecule has 1 aromatic carbocycles. The van der Waals surface area contributed by atoms with E-state index in [1.807, 2.05) is 20.8 Å². The fourth-order valence-electron chi connectivity index (χ4n) is 3.80. The highest BCUT2D eigenvalue weighted by molar-refractivity contribution is 5.92.